The third-order valence-corrected chi connectivity index (χ3v) is 5.55. The highest BCUT2D eigenvalue weighted by atomic mass is 35.5. The molecule has 1 aromatic carbocycles. The van der Waals surface area contributed by atoms with Gasteiger partial charge in [-0.15, -0.1) is 0 Å². The summed E-state index contributed by atoms with van der Waals surface area (Å²) in [7, 11) is 1.89. The molecule has 8 heteroatoms. The molecule has 0 amide bonds. The van der Waals surface area contributed by atoms with Crippen LogP contribution in [0.1, 0.15) is 36.7 Å². The van der Waals surface area contributed by atoms with E-state index >= 15 is 0 Å². The Kier molecular flexibility index (Phi) is 5.00. The zero-order valence-corrected chi connectivity index (χ0v) is 17.9. The van der Waals surface area contributed by atoms with E-state index in [0.717, 1.165) is 44.7 Å². The van der Waals surface area contributed by atoms with E-state index in [-0.39, 0.29) is 6.04 Å². The van der Waals surface area contributed by atoms with Crippen molar-refractivity contribution in [1.82, 2.24) is 29.5 Å². The Morgan fingerprint density at radius 2 is 2.03 bits per heavy atom. The highest BCUT2D eigenvalue weighted by Crippen LogP contribution is 2.43. The Labute approximate surface area is 174 Å². The first-order chi connectivity index (χ1) is 13.9. The zero-order chi connectivity index (χ0) is 20.7. The molecule has 0 fully saturated rings. The summed E-state index contributed by atoms with van der Waals surface area (Å²) < 4.78 is 9.84. The van der Waals surface area contributed by atoms with E-state index in [0.29, 0.717) is 11.6 Å². The van der Waals surface area contributed by atoms with Crippen LogP contribution in [0.2, 0.25) is 5.02 Å². The van der Waals surface area contributed by atoms with Crippen LogP contribution in [0.3, 0.4) is 0 Å². The Bertz CT molecular complexity index is 1200. The van der Waals surface area contributed by atoms with Crippen molar-refractivity contribution < 1.29 is 4.74 Å². The highest BCUT2D eigenvalue weighted by Gasteiger charge is 2.25. The monoisotopic (exact) mass is 410 g/mol. The van der Waals surface area contributed by atoms with Gasteiger partial charge in [-0.05, 0) is 39.3 Å². The zero-order valence-electron chi connectivity index (χ0n) is 17.1. The molecule has 1 unspecified atom stereocenters. The third-order valence-electron chi connectivity index (χ3n) is 5.16. The van der Waals surface area contributed by atoms with Crippen molar-refractivity contribution in [1.29, 1.82) is 0 Å². The number of aromatic nitrogens is 6. The van der Waals surface area contributed by atoms with E-state index in [1.165, 1.54) is 0 Å². The van der Waals surface area contributed by atoms with Crippen LogP contribution in [0.5, 0.6) is 5.75 Å². The number of hydrogen-bond acceptors (Lipinski definition) is 5. The Balaban J connectivity index is 1.96. The van der Waals surface area contributed by atoms with E-state index < -0.39 is 0 Å². The smallest absolute Gasteiger partial charge is 0.161 e. The van der Waals surface area contributed by atoms with Gasteiger partial charge in [0.1, 0.15) is 12.1 Å². The standard InChI is InChI=1S/C21H23ClN6O/c1-6-29-20-16(7-18(22)12(2)19(20)15-8-25-27(5)10-15)14(4)28-21-17(13(3)26-28)9-23-11-24-21/h7-11,14H,6H2,1-5H3. The van der Waals surface area contributed by atoms with Crippen LogP contribution in [0.25, 0.3) is 22.2 Å². The molecule has 0 radical (unpaired) electrons. The van der Waals surface area contributed by atoms with Crippen molar-refractivity contribution in [2.24, 2.45) is 7.05 Å². The highest BCUT2D eigenvalue weighted by molar-refractivity contribution is 6.32. The lowest BCUT2D eigenvalue weighted by atomic mass is 9.95. The summed E-state index contributed by atoms with van der Waals surface area (Å²) in [6.45, 7) is 8.55. The molecule has 4 aromatic rings. The molecule has 0 bridgehead atoms. The van der Waals surface area contributed by atoms with Gasteiger partial charge in [-0.2, -0.15) is 10.2 Å². The van der Waals surface area contributed by atoms with E-state index in [2.05, 4.69) is 22.0 Å². The van der Waals surface area contributed by atoms with Gasteiger partial charge in [-0.25, -0.2) is 14.6 Å². The summed E-state index contributed by atoms with van der Waals surface area (Å²) in [6.07, 6.45) is 7.13. The molecule has 0 aliphatic rings. The molecule has 0 spiro atoms. The van der Waals surface area contributed by atoms with Crippen molar-refractivity contribution in [3.63, 3.8) is 0 Å². The molecule has 29 heavy (non-hydrogen) atoms. The van der Waals surface area contributed by atoms with Gasteiger partial charge in [0.2, 0.25) is 0 Å². The minimum atomic E-state index is -0.142. The van der Waals surface area contributed by atoms with Crippen LogP contribution in [0, 0.1) is 13.8 Å². The summed E-state index contributed by atoms with van der Waals surface area (Å²) in [5.41, 5.74) is 5.50. The van der Waals surface area contributed by atoms with Crippen LogP contribution in [0.4, 0.5) is 0 Å². The Hall–Kier alpha value is -2.93. The molecule has 150 valence electrons. The quantitative estimate of drug-likeness (QED) is 0.484. The number of nitrogens with zero attached hydrogens (tertiary/aromatic N) is 6. The Morgan fingerprint density at radius 3 is 2.72 bits per heavy atom. The molecule has 3 heterocycles. The van der Waals surface area contributed by atoms with Crippen LogP contribution in [-0.2, 0) is 7.05 Å². The van der Waals surface area contributed by atoms with E-state index in [9.17, 15) is 0 Å². The minimum Gasteiger partial charge on any atom is -0.493 e. The number of aryl methyl sites for hydroxylation is 2. The summed E-state index contributed by atoms with van der Waals surface area (Å²) >= 11 is 6.66. The van der Waals surface area contributed by atoms with Gasteiger partial charge >= 0.3 is 0 Å². The van der Waals surface area contributed by atoms with E-state index in [1.807, 2.05) is 51.0 Å². The number of ether oxygens (including phenoxy) is 1. The maximum atomic E-state index is 6.66. The number of fused-ring (bicyclic) bond motifs is 1. The van der Waals surface area contributed by atoms with Crippen LogP contribution in [0.15, 0.2) is 31.0 Å². The molecule has 0 saturated heterocycles. The predicted molar refractivity (Wildman–Crippen MR) is 113 cm³/mol. The number of benzene rings is 1. The topological polar surface area (TPSA) is 70.7 Å². The number of rotatable bonds is 5. The first-order valence-corrected chi connectivity index (χ1v) is 9.89. The molecular weight excluding hydrogens is 388 g/mol. The predicted octanol–water partition coefficient (Wildman–Crippen LogP) is 4.51. The number of hydrogen-bond donors (Lipinski definition) is 0. The normalized spacial score (nSPS) is 12.5. The molecule has 0 aliphatic heterocycles. The van der Waals surface area contributed by atoms with Gasteiger partial charge in [0.15, 0.2) is 5.65 Å². The van der Waals surface area contributed by atoms with Crippen molar-refractivity contribution in [2.45, 2.75) is 33.7 Å². The molecule has 0 saturated carbocycles. The molecule has 1 atom stereocenters. The minimum absolute atomic E-state index is 0.142. The van der Waals surface area contributed by atoms with Crippen LogP contribution < -0.4 is 4.74 Å². The van der Waals surface area contributed by atoms with Gasteiger partial charge in [0, 0.05) is 41.2 Å². The fraction of sp³-hybridized carbons (Fsp3) is 0.333. The second kappa shape index (κ2) is 7.48. The third kappa shape index (κ3) is 3.25. The Morgan fingerprint density at radius 1 is 1.24 bits per heavy atom. The van der Waals surface area contributed by atoms with Gasteiger partial charge in [0.25, 0.3) is 0 Å². The fourth-order valence-corrected chi connectivity index (χ4v) is 3.89. The molecule has 0 aliphatic carbocycles. The summed E-state index contributed by atoms with van der Waals surface area (Å²) in [5, 5.41) is 10.7. The molecular formula is C21H23ClN6O. The van der Waals surface area contributed by atoms with Crippen molar-refractivity contribution >= 4 is 22.6 Å². The van der Waals surface area contributed by atoms with E-state index in [1.54, 1.807) is 17.2 Å². The summed E-state index contributed by atoms with van der Waals surface area (Å²) in [6, 6.07) is 1.83. The fourth-order valence-electron chi connectivity index (χ4n) is 3.68. The van der Waals surface area contributed by atoms with Crippen molar-refractivity contribution in [3.05, 3.63) is 52.8 Å². The van der Waals surface area contributed by atoms with Crippen LogP contribution in [-0.4, -0.2) is 36.1 Å². The summed E-state index contributed by atoms with van der Waals surface area (Å²) in [5.74, 6) is 0.797. The lowest BCUT2D eigenvalue weighted by Crippen LogP contribution is -2.12. The van der Waals surface area contributed by atoms with Crippen molar-refractivity contribution in [3.8, 4) is 16.9 Å². The van der Waals surface area contributed by atoms with Gasteiger partial charge < -0.3 is 4.74 Å². The van der Waals surface area contributed by atoms with Gasteiger partial charge in [-0.1, -0.05) is 11.6 Å². The first-order valence-electron chi connectivity index (χ1n) is 9.52. The summed E-state index contributed by atoms with van der Waals surface area (Å²) in [4.78, 5) is 8.58. The molecule has 0 N–H and O–H groups in total. The average molecular weight is 411 g/mol. The average Bonchev–Trinajstić information content (AvgIpc) is 3.28. The SMILES string of the molecule is CCOc1c(C(C)n2nc(C)c3cncnc32)cc(Cl)c(C)c1-c1cnn(C)c1. The van der Waals surface area contributed by atoms with Gasteiger partial charge in [0.05, 0.1) is 29.9 Å². The first kappa shape index (κ1) is 19.4. The van der Waals surface area contributed by atoms with Gasteiger partial charge in [-0.3, -0.25) is 4.68 Å². The molecule has 7 nitrogen and oxygen atoms in total. The second-order valence-electron chi connectivity index (χ2n) is 7.08. The molecule has 4 rings (SSSR count). The second-order valence-corrected chi connectivity index (χ2v) is 7.49. The van der Waals surface area contributed by atoms with Crippen LogP contribution >= 0.6 is 11.6 Å². The maximum Gasteiger partial charge on any atom is 0.161 e. The molecule has 3 aromatic heterocycles. The maximum absolute atomic E-state index is 6.66. The van der Waals surface area contributed by atoms with E-state index in [4.69, 9.17) is 21.4 Å². The lowest BCUT2D eigenvalue weighted by Gasteiger charge is -2.22. The largest absolute Gasteiger partial charge is 0.493 e. The van der Waals surface area contributed by atoms with Crippen molar-refractivity contribution in [2.75, 3.05) is 6.61 Å². The lowest BCUT2D eigenvalue weighted by molar-refractivity contribution is 0.333. The number of halogens is 1.